The van der Waals surface area contributed by atoms with Crippen LogP contribution in [0.4, 0.5) is 0 Å². The Morgan fingerprint density at radius 1 is 1.12 bits per heavy atom. The molecule has 0 aliphatic carbocycles. The Morgan fingerprint density at radius 2 is 1.88 bits per heavy atom. The lowest BCUT2D eigenvalue weighted by Crippen LogP contribution is -2.38. The zero-order valence-corrected chi connectivity index (χ0v) is 15.6. The lowest BCUT2D eigenvalue weighted by molar-refractivity contribution is 0.331. The van der Waals surface area contributed by atoms with Gasteiger partial charge in [-0.25, -0.2) is 0 Å². The number of nitrogens with one attached hydrogen (secondary N) is 2. The molecule has 1 fully saturated rings. The van der Waals surface area contributed by atoms with Crippen molar-refractivity contribution in [3.63, 3.8) is 0 Å². The number of nitrogens with zero attached hydrogens (tertiary/aromatic N) is 2. The fraction of sp³-hybridized carbons (Fsp3) is 0.632. The molecule has 2 rings (SSSR count). The number of hydrogen-bond donors (Lipinski definition) is 2. The number of unbranched alkanes of at least 4 members (excludes halogenated alkanes) is 1. The molecule has 0 unspecified atom stereocenters. The molecule has 0 amide bonds. The summed E-state index contributed by atoms with van der Waals surface area (Å²) >= 11 is 5.91. The Labute approximate surface area is 151 Å². The van der Waals surface area contributed by atoms with Gasteiger partial charge in [0.15, 0.2) is 5.96 Å². The van der Waals surface area contributed by atoms with Crippen LogP contribution in [0.25, 0.3) is 0 Å². The number of hydrogen-bond acceptors (Lipinski definition) is 2. The molecule has 0 saturated carbocycles. The highest BCUT2D eigenvalue weighted by molar-refractivity contribution is 6.30. The maximum absolute atomic E-state index is 5.91. The zero-order chi connectivity index (χ0) is 17.0. The molecule has 1 aliphatic rings. The normalized spacial score (nSPS) is 15.7. The minimum Gasteiger partial charge on any atom is -0.357 e. The first-order valence-corrected chi connectivity index (χ1v) is 9.64. The van der Waals surface area contributed by atoms with Crippen LogP contribution in [0.2, 0.25) is 5.02 Å². The first-order chi connectivity index (χ1) is 11.8. The third-order valence-electron chi connectivity index (χ3n) is 4.31. The number of halogens is 1. The molecule has 1 aromatic carbocycles. The van der Waals surface area contributed by atoms with Gasteiger partial charge in [-0.1, -0.05) is 23.7 Å². The van der Waals surface area contributed by atoms with Crippen LogP contribution in [0.1, 0.15) is 38.2 Å². The van der Waals surface area contributed by atoms with Gasteiger partial charge in [0.25, 0.3) is 0 Å². The number of likely N-dealkylation sites (tertiary alicyclic amines) is 1. The molecule has 0 spiro atoms. The summed E-state index contributed by atoms with van der Waals surface area (Å²) in [6.07, 6.45) is 6.12. The summed E-state index contributed by atoms with van der Waals surface area (Å²) in [4.78, 5) is 7.25. The van der Waals surface area contributed by atoms with E-state index in [0.29, 0.717) is 0 Å². The number of benzene rings is 1. The van der Waals surface area contributed by atoms with Gasteiger partial charge in [0.1, 0.15) is 0 Å². The number of guanidine groups is 1. The summed E-state index contributed by atoms with van der Waals surface area (Å²) in [5, 5.41) is 7.52. The lowest BCUT2D eigenvalue weighted by atomic mass is 10.1. The van der Waals surface area contributed by atoms with Gasteiger partial charge in [0.2, 0.25) is 0 Å². The predicted molar refractivity (Wildman–Crippen MR) is 104 cm³/mol. The second-order valence-corrected chi connectivity index (χ2v) is 6.76. The van der Waals surface area contributed by atoms with E-state index in [1.54, 1.807) is 0 Å². The first kappa shape index (κ1) is 19.1. The van der Waals surface area contributed by atoms with Crippen molar-refractivity contribution in [2.75, 3.05) is 39.3 Å². The number of rotatable bonds is 9. The molecule has 24 heavy (non-hydrogen) atoms. The SMILES string of the molecule is CCNC(=NCCCCN1CCCC1)NCCc1ccc(Cl)cc1. The lowest BCUT2D eigenvalue weighted by Gasteiger charge is -2.14. The second kappa shape index (κ2) is 11.3. The van der Waals surface area contributed by atoms with Gasteiger partial charge in [-0.3, -0.25) is 4.99 Å². The topological polar surface area (TPSA) is 39.7 Å². The van der Waals surface area contributed by atoms with Crippen molar-refractivity contribution >= 4 is 17.6 Å². The minimum absolute atomic E-state index is 0.788. The monoisotopic (exact) mass is 350 g/mol. The summed E-state index contributed by atoms with van der Waals surface area (Å²) in [5.41, 5.74) is 1.29. The minimum atomic E-state index is 0.788. The first-order valence-electron chi connectivity index (χ1n) is 9.27. The third-order valence-corrected chi connectivity index (χ3v) is 4.57. The quantitative estimate of drug-likeness (QED) is 0.408. The molecule has 1 aliphatic heterocycles. The van der Waals surface area contributed by atoms with E-state index in [1.807, 2.05) is 12.1 Å². The van der Waals surface area contributed by atoms with Crippen LogP contribution in [0.15, 0.2) is 29.3 Å². The van der Waals surface area contributed by atoms with E-state index in [0.717, 1.165) is 43.5 Å². The molecule has 134 valence electrons. The molecule has 1 saturated heterocycles. The van der Waals surface area contributed by atoms with Gasteiger partial charge < -0.3 is 15.5 Å². The van der Waals surface area contributed by atoms with Gasteiger partial charge in [-0.2, -0.15) is 0 Å². The van der Waals surface area contributed by atoms with Crippen molar-refractivity contribution in [3.05, 3.63) is 34.9 Å². The third kappa shape index (κ3) is 7.54. The van der Waals surface area contributed by atoms with Crippen LogP contribution in [0.5, 0.6) is 0 Å². The van der Waals surface area contributed by atoms with Gasteiger partial charge in [0.05, 0.1) is 0 Å². The maximum atomic E-state index is 5.91. The highest BCUT2D eigenvalue weighted by atomic mass is 35.5. The van der Waals surface area contributed by atoms with Crippen molar-refractivity contribution in [2.45, 2.75) is 39.0 Å². The molecule has 1 aromatic rings. The fourth-order valence-electron chi connectivity index (χ4n) is 2.96. The number of aliphatic imine (C=N–C) groups is 1. The predicted octanol–water partition coefficient (Wildman–Crippen LogP) is 3.31. The summed E-state index contributed by atoms with van der Waals surface area (Å²) in [6.45, 7) is 8.57. The van der Waals surface area contributed by atoms with Gasteiger partial charge >= 0.3 is 0 Å². The molecular weight excluding hydrogens is 320 g/mol. The molecule has 5 heteroatoms. The standard InChI is InChI=1S/C19H31ClN4/c1-2-21-19(22-12-3-4-14-24-15-5-6-16-24)23-13-11-17-7-9-18(20)10-8-17/h7-10H,2-6,11-16H2,1H3,(H2,21,22,23). The molecule has 0 atom stereocenters. The average molecular weight is 351 g/mol. The van der Waals surface area contributed by atoms with Crippen LogP contribution in [0.3, 0.4) is 0 Å². The Morgan fingerprint density at radius 3 is 2.58 bits per heavy atom. The molecule has 0 bridgehead atoms. The largest absolute Gasteiger partial charge is 0.357 e. The van der Waals surface area contributed by atoms with E-state index in [-0.39, 0.29) is 0 Å². The average Bonchev–Trinajstić information content (AvgIpc) is 3.10. The molecule has 4 nitrogen and oxygen atoms in total. The van der Waals surface area contributed by atoms with Crippen LogP contribution < -0.4 is 10.6 Å². The molecule has 0 aromatic heterocycles. The maximum Gasteiger partial charge on any atom is 0.191 e. The molecular formula is C19H31ClN4. The Balaban J connectivity index is 1.63. The molecule has 0 radical (unpaired) electrons. The van der Waals surface area contributed by atoms with E-state index in [2.05, 4.69) is 39.6 Å². The summed E-state index contributed by atoms with van der Waals surface area (Å²) in [5.74, 6) is 0.924. The van der Waals surface area contributed by atoms with Gasteiger partial charge in [-0.15, -0.1) is 0 Å². The summed E-state index contributed by atoms with van der Waals surface area (Å²) < 4.78 is 0. The smallest absolute Gasteiger partial charge is 0.191 e. The van der Waals surface area contributed by atoms with Crippen LogP contribution in [-0.2, 0) is 6.42 Å². The van der Waals surface area contributed by atoms with Crippen molar-refractivity contribution in [1.29, 1.82) is 0 Å². The highest BCUT2D eigenvalue weighted by Gasteiger charge is 2.09. The Kier molecular flexibility index (Phi) is 9.00. The van der Waals surface area contributed by atoms with Crippen molar-refractivity contribution < 1.29 is 0 Å². The summed E-state index contributed by atoms with van der Waals surface area (Å²) in [6, 6.07) is 8.03. The Hall–Kier alpha value is -1.26. The van der Waals surface area contributed by atoms with E-state index >= 15 is 0 Å². The zero-order valence-electron chi connectivity index (χ0n) is 14.9. The Bertz CT molecular complexity index is 481. The van der Waals surface area contributed by atoms with Crippen LogP contribution in [0, 0.1) is 0 Å². The van der Waals surface area contributed by atoms with Crippen molar-refractivity contribution in [3.8, 4) is 0 Å². The van der Waals surface area contributed by atoms with Crippen LogP contribution >= 0.6 is 11.6 Å². The fourth-order valence-corrected chi connectivity index (χ4v) is 3.09. The van der Waals surface area contributed by atoms with E-state index in [1.165, 1.54) is 44.5 Å². The van der Waals surface area contributed by atoms with E-state index in [9.17, 15) is 0 Å². The second-order valence-electron chi connectivity index (χ2n) is 6.32. The van der Waals surface area contributed by atoms with E-state index in [4.69, 9.17) is 11.6 Å². The van der Waals surface area contributed by atoms with Gasteiger partial charge in [-0.05, 0) is 76.4 Å². The van der Waals surface area contributed by atoms with E-state index < -0.39 is 0 Å². The summed E-state index contributed by atoms with van der Waals surface area (Å²) in [7, 11) is 0. The highest BCUT2D eigenvalue weighted by Crippen LogP contribution is 2.09. The molecule has 1 heterocycles. The van der Waals surface area contributed by atoms with Crippen molar-refractivity contribution in [1.82, 2.24) is 15.5 Å². The molecule has 2 N–H and O–H groups in total. The van der Waals surface area contributed by atoms with Crippen molar-refractivity contribution in [2.24, 2.45) is 4.99 Å². The van der Waals surface area contributed by atoms with Crippen LogP contribution in [-0.4, -0.2) is 50.1 Å². The van der Waals surface area contributed by atoms with Gasteiger partial charge in [0, 0.05) is 24.7 Å².